The van der Waals surface area contributed by atoms with Gasteiger partial charge in [-0.1, -0.05) is 26.7 Å². The van der Waals surface area contributed by atoms with Gasteiger partial charge in [0.2, 0.25) is 0 Å². The minimum atomic E-state index is -0.641. The molecule has 2 rings (SSSR count). The molecular weight excluding hydrogens is 226 g/mol. The van der Waals surface area contributed by atoms with Crippen molar-refractivity contribution in [2.24, 2.45) is 5.41 Å². The van der Waals surface area contributed by atoms with Crippen molar-refractivity contribution >= 4 is 5.97 Å². The minimum Gasteiger partial charge on any atom is -0.480 e. The van der Waals surface area contributed by atoms with Crippen molar-refractivity contribution in [2.45, 2.75) is 77.3 Å². The average Bonchev–Trinajstić information content (AvgIpc) is 2.30. The van der Waals surface area contributed by atoms with Gasteiger partial charge in [0.15, 0.2) is 0 Å². The molecular formula is C15H27NO2. The van der Waals surface area contributed by atoms with Crippen molar-refractivity contribution in [3.8, 4) is 0 Å². The van der Waals surface area contributed by atoms with Gasteiger partial charge in [-0.3, -0.25) is 9.69 Å². The number of carboxylic acids is 1. The van der Waals surface area contributed by atoms with Gasteiger partial charge in [0, 0.05) is 6.04 Å². The minimum absolute atomic E-state index is 0.256. The molecule has 1 aliphatic heterocycles. The summed E-state index contributed by atoms with van der Waals surface area (Å²) in [5.41, 5.74) is -0.385. The quantitative estimate of drug-likeness (QED) is 0.821. The van der Waals surface area contributed by atoms with Crippen LogP contribution in [0.5, 0.6) is 0 Å². The van der Waals surface area contributed by atoms with Crippen molar-refractivity contribution in [3.63, 3.8) is 0 Å². The average molecular weight is 253 g/mol. The molecule has 2 atom stereocenters. The van der Waals surface area contributed by atoms with Crippen molar-refractivity contribution in [2.75, 3.05) is 6.54 Å². The van der Waals surface area contributed by atoms with E-state index in [1.165, 1.54) is 19.3 Å². The summed E-state index contributed by atoms with van der Waals surface area (Å²) in [6.45, 7) is 7.51. The molecule has 0 amide bonds. The summed E-state index contributed by atoms with van der Waals surface area (Å²) in [4.78, 5) is 14.0. The molecule has 2 fully saturated rings. The molecule has 0 bridgehead atoms. The lowest BCUT2D eigenvalue weighted by Crippen LogP contribution is -2.62. The van der Waals surface area contributed by atoms with E-state index in [1.807, 2.05) is 6.92 Å². The number of nitrogens with zero attached hydrogens (tertiary/aromatic N) is 1. The molecule has 1 aliphatic carbocycles. The Labute approximate surface area is 111 Å². The Morgan fingerprint density at radius 2 is 1.78 bits per heavy atom. The van der Waals surface area contributed by atoms with Gasteiger partial charge in [0.1, 0.15) is 5.54 Å². The SMILES string of the molecule is CC1(C)CCCCC1N1CCCCC1(C)C(=O)O. The summed E-state index contributed by atoms with van der Waals surface area (Å²) in [6, 6.07) is 0.438. The van der Waals surface area contributed by atoms with Crippen LogP contribution >= 0.6 is 0 Å². The van der Waals surface area contributed by atoms with Crippen LogP contribution in [0.4, 0.5) is 0 Å². The zero-order chi connectivity index (χ0) is 13.4. The summed E-state index contributed by atoms with van der Waals surface area (Å²) < 4.78 is 0. The van der Waals surface area contributed by atoms with Gasteiger partial charge in [-0.2, -0.15) is 0 Å². The third-order valence-electron chi connectivity index (χ3n) is 5.23. The Bertz CT molecular complexity index is 326. The van der Waals surface area contributed by atoms with E-state index in [0.29, 0.717) is 6.04 Å². The second-order valence-electron chi connectivity index (χ2n) is 6.98. The van der Waals surface area contributed by atoms with E-state index in [1.54, 1.807) is 0 Å². The predicted molar refractivity (Wildman–Crippen MR) is 72.6 cm³/mol. The highest BCUT2D eigenvalue weighted by molar-refractivity contribution is 5.78. The van der Waals surface area contributed by atoms with E-state index in [0.717, 1.165) is 32.2 Å². The highest BCUT2D eigenvalue weighted by atomic mass is 16.4. The van der Waals surface area contributed by atoms with Gasteiger partial charge in [-0.15, -0.1) is 0 Å². The second-order valence-corrected chi connectivity index (χ2v) is 6.98. The fourth-order valence-electron chi connectivity index (χ4n) is 3.92. The summed E-state index contributed by atoms with van der Waals surface area (Å²) >= 11 is 0. The van der Waals surface area contributed by atoms with Crippen LogP contribution < -0.4 is 0 Å². The van der Waals surface area contributed by atoms with Gasteiger partial charge in [-0.25, -0.2) is 0 Å². The van der Waals surface area contributed by atoms with Crippen molar-refractivity contribution in [1.82, 2.24) is 4.90 Å². The second kappa shape index (κ2) is 4.84. The molecule has 0 radical (unpaired) electrons. The molecule has 3 nitrogen and oxygen atoms in total. The normalized spacial score (nSPS) is 37.4. The Hall–Kier alpha value is -0.570. The lowest BCUT2D eigenvalue weighted by atomic mass is 9.70. The smallest absolute Gasteiger partial charge is 0.323 e. The lowest BCUT2D eigenvalue weighted by molar-refractivity contribution is -0.158. The number of rotatable bonds is 2. The summed E-state index contributed by atoms with van der Waals surface area (Å²) in [7, 11) is 0. The number of aliphatic carboxylic acids is 1. The topological polar surface area (TPSA) is 40.5 Å². The van der Waals surface area contributed by atoms with Crippen LogP contribution in [0.25, 0.3) is 0 Å². The third kappa shape index (κ3) is 2.29. The maximum absolute atomic E-state index is 11.7. The molecule has 18 heavy (non-hydrogen) atoms. The predicted octanol–water partition coefficient (Wildman–Crippen LogP) is 3.28. The van der Waals surface area contributed by atoms with Gasteiger partial charge in [-0.05, 0) is 51.0 Å². The number of carbonyl (C=O) groups is 1. The molecule has 1 N–H and O–H groups in total. The lowest BCUT2D eigenvalue weighted by Gasteiger charge is -2.53. The van der Waals surface area contributed by atoms with E-state index in [4.69, 9.17) is 0 Å². The molecule has 1 heterocycles. The fraction of sp³-hybridized carbons (Fsp3) is 0.933. The largest absolute Gasteiger partial charge is 0.480 e. The molecule has 0 aromatic heterocycles. The van der Waals surface area contributed by atoms with Crippen LogP contribution in [0.3, 0.4) is 0 Å². The van der Waals surface area contributed by atoms with Crippen LogP contribution in [0, 0.1) is 5.41 Å². The highest BCUT2D eigenvalue weighted by Crippen LogP contribution is 2.43. The van der Waals surface area contributed by atoms with Gasteiger partial charge >= 0.3 is 5.97 Å². The summed E-state index contributed by atoms with van der Waals surface area (Å²) in [6.07, 6.45) is 7.93. The van der Waals surface area contributed by atoms with Crippen LogP contribution in [0.1, 0.15) is 65.7 Å². The van der Waals surface area contributed by atoms with E-state index in [9.17, 15) is 9.90 Å². The monoisotopic (exact) mass is 253 g/mol. The number of hydrogen-bond acceptors (Lipinski definition) is 2. The Balaban J connectivity index is 2.25. The zero-order valence-corrected chi connectivity index (χ0v) is 12.0. The highest BCUT2D eigenvalue weighted by Gasteiger charge is 2.48. The first kappa shape index (κ1) is 13.9. The van der Waals surface area contributed by atoms with E-state index < -0.39 is 11.5 Å². The van der Waals surface area contributed by atoms with Crippen LogP contribution in [0.2, 0.25) is 0 Å². The van der Waals surface area contributed by atoms with Crippen LogP contribution in [-0.4, -0.2) is 34.1 Å². The first-order valence-corrected chi connectivity index (χ1v) is 7.38. The fourth-order valence-corrected chi connectivity index (χ4v) is 3.92. The summed E-state index contributed by atoms with van der Waals surface area (Å²) in [5.74, 6) is -0.636. The summed E-state index contributed by atoms with van der Waals surface area (Å²) in [5, 5.41) is 9.63. The third-order valence-corrected chi connectivity index (χ3v) is 5.23. The van der Waals surface area contributed by atoms with Crippen LogP contribution in [-0.2, 0) is 4.79 Å². The Morgan fingerprint density at radius 1 is 1.11 bits per heavy atom. The Kier molecular flexibility index (Phi) is 3.72. The van der Waals surface area contributed by atoms with Crippen molar-refractivity contribution in [1.29, 1.82) is 0 Å². The standard InChI is InChI=1S/C15H27NO2/c1-14(2)9-5-4-8-12(14)16-11-7-6-10-15(16,3)13(17)18/h12H,4-11H2,1-3H3,(H,17,18). The first-order valence-electron chi connectivity index (χ1n) is 7.38. The Morgan fingerprint density at radius 3 is 2.39 bits per heavy atom. The zero-order valence-electron chi connectivity index (χ0n) is 12.0. The molecule has 0 aromatic carbocycles. The van der Waals surface area contributed by atoms with Gasteiger partial charge in [0.25, 0.3) is 0 Å². The van der Waals surface area contributed by atoms with Gasteiger partial charge < -0.3 is 5.11 Å². The number of likely N-dealkylation sites (tertiary alicyclic amines) is 1. The van der Waals surface area contributed by atoms with E-state index >= 15 is 0 Å². The molecule has 0 aromatic rings. The molecule has 2 unspecified atom stereocenters. The molecule has 1 saturated carbocycles. The maximum Gasteiger partial charge on any atom is 0.323 e. The van der Waals surface area contributed by atoms with Crippen molar-refractivity contribution in [3.05, 3.63) is 0 Å². The van der Waals surface area contributed by atoms with Crippen LogP contribution in [0.15, 0.2) is 0 Å². The number of hydrogen-bond donors (Lipinski definition) is 1. The molecule has 0 spiro atoms. The maximum atomic E-state index is 11.7. The number of carboxylic acid groups (broad SMARTS) is 1. The molecule has 3 heteroatoms. The number of piperidine rings is 1. The van der Waals surface area contributed by atoms with Crippen molar-refractivity contribution < 1.29 is 9.90 Å². The first-order chi connectivity index (χ1) is 8.38. The van der Waals surface area contributed by atoms with E-state index in [2.05, 4.69) is 18.7 Å². The van der Waals surface area contributed by atoms with E-state index in [-0.39, 0.29) is 5.41 Å². The van der Waals surface area contributed by atoms with Gasteiger partial charge in [0.05, 0.1) is 0 Å². The molecule has 1 saturated heterocycles. The molecule has 2 aliphatic rings. The molecule has 104 valence electrons.